The van der Waals surface area contributed by atoms with Gasteiger partial charge in [-0.2, -0.15) is 5.10 Å². The number of carbonyl (C=O) groups excluding carboxylic acids is 2. The third-order valence-electron chi connectivity index (χ3n) is 6.06. The number of hydrogen-bond acceptors (Lipinski definition) is 5. The molecule has 1 aliphatic carbocycles. The molecule has 0 bridgehead atoms. The maximum Gasteiger partial charge on any atom is 0.260 e. The molecule has 31 heavy (non-hydrogen) atoms. The lowest BCUT2D eigenvalue weighted by Gasteiger charge is -2.38. The minimum Gasteiger partial charge on any atom is -0.484 e. The van der Waals surface area contributed by atoms with Crippen LogP contribution >= 0.6 is 12.2 Å². The highest BCUT2D eigenvalue weighted by atomic mass is 32.1. The third-order valence-corrected chi connectivity index (χ3v) is 6.34. The van der Waals surface area contributed by atoms with E-state index < -0.39 is 0 Å². The molecule has 9 heteroatoms. The first-order chi connectivity index (χ1) is 14.9. The Morgan fingerprint density at radius 3 is 2.48 bits per heavy atom. The quantitative estimate of drug-likeness (QED) is 0.640. The molecule has 1 aliphatic heterocycles. The number of aromatic nitrogens is 3. The maximum absolute atomic E-state index is 12.6. The lowest BCUT2D eigenvalue weighted by molar-refractivity contribution is -0.139. The Morgan fingerprint density at radius 2 is 1.84 bits per heavy atom. The molecule has 2 aliphatic rings. The summed E-state index contributed by atoms with van der Waals surface area (Å²) < 4.78 is 8.25. The Morgan fingerprint density at radius 1 is 1.16 bits per heavy atom. The van der Waals surface area contributed by atoms with Gasteiger partial charge in [-0.25, -0.2) is 0 Å². The first-order valence-corrected chi connectivity index (χ1v) is 11.3. The standard InChI is InChI=1S/C22H29N5O3S/c1-14-4-3-5-15(2)26(14)20(28)13-30-18-10-6-16(7-11-18)21(29)23-12-19-24-25-22(31)27(19)17-8-9-17/h6-7,10-11,14-15,17H,3-5,8-9,12-13H2,1-2H3,(H,23,29)(H,25,31). The normalized spacial score (nSPS) is 21.0. The van der Waals surface area contributed by atoms with Gasteiger partial charge in [-0.1, -0.05) is 0 Å². The zero-order valence-electron chi connectivity index (χ0n) is 18.0. The van der Waals surface area contributed by atoms with Crippen LogP contribution in [0.2, 0.25) is 0 Å². The predicted octanol–water partition coefficient (Wildman–Crippen LogP) is 3.37. The average molecular weight is 444 g/mol. The van der Waals surface area contributed by atoms with Crippen molar-refractivity contribution in [2.75, 3.05) is 6.61 Å². The maximum atomic E-state index is 12.6. The van der Waals surface area contributed by atoms with Crippen LogP contribution in [-0.4, -0.2) is 50.2 Å². The minimum atomic E-state index is -0.199. The van der Waals surface area contributed by atoms with Gasteiger partial charge in [0.25, 0.3) is 11.8 Å². The number of nitrogens with one attached hydrogen (secondary N) is 2. The molecular weight excluding hydrogens is 414 g/mol. The van der Waals surface area contributed by atoms with Gasteiger partial charge in [-0.3, -0.25) is 19.3 Å². The number of rotatable bonds is 7. The summed E-state index contributed by atoms with van der Waals surface area (Å²) in [5, 5.41) is 9.90. The van der Waals surface area contributed by atoms with Crippen LogP contribution in [0.4, 0.5) is 0 Å². The van der Waals surface area contributed by atoms with E-state index in [0.717, 1.165) is 37.9 Å². The van der Waals surface area contributed by atoms with E-state index in [-0.39, 0.29) is 30.5 Å². The largest absolute Gasteiger partial charge is 0.484 e. The van der Waals surface area contributed by atoms with Crippen molar-refractivity contribution in [3.63, 3.8) is 0 Å². The van der Waals surface area contributed by atoms with E-state index in [4.69, 9.17) is 17.0 Å². The van der Waals surface area contributed by atoms with Crippen molar-refractivity contribution in [2.24, 2.45) is 0 Å². The molecule has 2 atom stereocenters. The van der Waals surface area contributed by atoms with E-state index in [2.05, 4.69) is 29.4 Å². The molecule has 1 aromatic carbocycles. The van der Waals surface area contributed by atoms with E-state index in [9.17, 15) is 9.59 Å². The molecule has 0 radical (unpaired) electrons. The highest BCUT2D eigenvalue weighted by molar-refractivity contribution is 7.71. The van der Waals surface area contributed by atoms with Crippen molar-refractivity contribution in [3.8, 4) is 5.75 Å². The number of piperidine rings is 1. The number of carbonyl (C=O) groups is 2. The van der Waals surface area contributed by atoms with Gasteiger partial charge in [-0.15, -0.1) is 0 Å². The molecule has 4 rings (SSSR count). The fraction of sp³-hybridized carbons (Fsp3) is 0.545. The first kappa shape index (κ1) is 21.5. The fourth-order valence-corrected chi connectivity index (χ4v) is 4.57. The van der Waals surface area contributed by atoms with Crippen molar-refractivity contribution in [1.82, 2.24) is 25.0 Å². The molecular formula is C22H29N5O3S. The Labute approximate surface area is 187 Å². The van der Waals surface area contributed by atoms with Crippen LogP contribution in [0.15, 0.2) is 24.3 Å². The van der Waals surface area contributed by atoms with E-state index >= 15 is 0 Å². The van der Waals surface area contributed by atoms with Gasteiger partial charge in [-0.05, 0) is 82.4 Å². The summed E-state index contributed by atoms with van der Waals surface area (Å²) in [4.78, 5) is 27.0. The lowest BCUT2D eigenvalue weighted by Crippen LogP contribution is -2.49. The fourth-order valence-electron chi connectivity index (χ4n) is 4.27. The number of amides is 2. The summed E-state index contributed by atoms with van der Waals surface area (Å²) >= 11 is 5.27. The molecule has 2 unspecified atom stereocenters. The number of H-pyrrole nitrogens is 1. The van der Waals surface area contributed by atoms with Gasteiger partial charge in [0.1, 0.15) is 5.75 Å². The van der Waals surface area contributed by atoms with Crippen LogP contribution < -0.4 is 10.1 Å². The lowest BCUT2D eigenvalue weighted by atomic mass is 9.97. The minimum absolute atomic E-state index is 0.00393. The molecule has 2 aromatic rings. The molecule has 0 spiro atoms. The summed E-state index contributed by atoms with van der Waals surface area (Å²) in [7, 11) is 0. The van der Waals surface area contributed by atoms with Crippen LogP contribution in [0.3, 0.4) is 0 Å². The summed E-state index contributed by atoms with van der Waals surface area (Å²) in [5.74, 6) is 1.11. The number of benzene rings is 1. The topological polar surface area (TPSA) is 92.2 Å². The van der Waals surface area contributed by atoms with Gasteiger partial charge in [0.05, 0.1) is 6.54 Å². The second-order valence-corrected chi connectivity index (χ2v) is 8.86. The highest BCUT2D eigenvalue weighted by Crippen LogP contribution is 2.35. The number of ether oxygens (including phenoxy) is 1. The molecule has 1 aromatic heterocycles. The van der Waals surface area contributed by atoms with Gasteiger partial charge >= 0.3 is 0 Å². The Balaban J connectivity index is 1.29. The molecule has 1 saturated carbocycles. The Hall–Kier alpha value is -2.68. The van der Waals surface area contributed by atoms with E-state index in [0.29, 0.717) is 28.7 Å². The van der Waals surface area contributed by atoms with Crippen molar-refractivity contribution in [3.05, 3.63) is 40.4 Å². The van der Waals surface area contributed by atoms with E-state index in [1.165, 1.54) is 0 Å². The van der Waals surface area contributed by atoms with Crippen LogP contribution in [0.25, 0.3) is 0 Å². The Kier molecular flexibility index (Phi) is 6.41. The van der Waals surface area contributed by atoms with Gasteiger partial charge < -0.3 is 15.0 Å². The highest BCUT2D eigenvalue weighted by Gasteiger charge is 2.29. The summed E-state index contributed by atoms with van der Waals surface area (Å²) in [6, 6.07) is 7.70. The van der Waals surface area contributed by atoms with Crippen molar-refractivity contribution < 1.29 is 14.3 Å². The average Bonchev–Trinajstić information content (AvgIpc) is 3.52. The summed E-state index contributed by atoms with van der Waals surface area (Å²) in [6.45, 7) is 4.49. The van der Waals surface area contributed by atoms with E-state index in [1.807, 2.05) is 9.47 Å². The van der Waals surface area contributed by atoms with Crippen LogP contribution in [0.5, 0.6) is 5.75 Å². The second-order valence-electron chi connectivity index (χ2n) is 8.47. The predicted molar refractivity (Wildman–Crippen MR) is 118 cm³/mol. The SMILES string of the molecule is CC1CCCC(C)N1C(=O)COc1ccc(C(=O)NCc2n[nH]c(=S)n2C2CC2)cc1. The smallest absolute Gasteiger partial charge is 0.260 e. The molecule has 2 fully saturated rings. The Bertz CT molecular complexity index is 985. The van der Waals surface area contributed by atoms with Crippen molar-refractivity contribution >= 4 is 24.0 Å². The molecule has 166 valence electrons. The van der Waals surface area contributed by atoms with Gasteiger partial charge in [0, 0.05) is 23.7 Å². The zero-order chi connectivity index (χ0) is 22.0. The zero-order valence-corrected chi connectivity index (χ0v) is 18.8. The number of aromatic amines is 1. The van der Waals surface area contributed by atoms with E-state index in [1.54, 1.807) is 24.3 Å². The van der Waals surface area contributed by atoms with Crippen molar-refractivity contribution in [1.29, 1.82) is 0 Å². The first-order valence-electron chi connectivity index (χ1n) is 10.9. The van der Waals surface area contributed by atoms with Crippen LogP contribution in [0.1, 0.15) is 68.2 Å². The number of hydrogen-bond donors (Lipinski definition) is 2. The molecule has 8 nitrogen and oxygen atoms in total. The molecule has 2 heterocycles. The molecule has 2 N–H and O–H groups in total. The summed E-state index contributed by atoms with van der Waals surface area (Å²) in [5.41, 5.74) is 0.518. The molecule has 2 amide bonds. The van der Waals surface area contributed by atoms with Crippen molar-refractivity contribution in [2.45, 2.75) is 70.6 Å². The number of nitrogens with zero attached hydrogens (tertiary/aromatic N) is 3. The second kappa shape index (κ2) is 9.21. The third kappa shape index (κ3) is 4.98. The monoisotopic (exact) mass is 443 g/mol. The number of likely N-dealkylation sites (tertiary alicyclic amines) is 1. The van der Waals surface area contributed by atoms with Crippen LogP contribution in [0, 0.1) is 4.77 Å². The van der Waals surface area contributed by atoms with Gasteiger partial charge in [0.15, 0.2) is 17.2 Å². The van der Waals surface area contributed by atoms with Crippen LogP contribution in [-0.2, 0) is 11.3 Å². The van der Waals surface area contributed by atoms with Gasteiger partial charge in [0.2, 0.25) is 0 Å². The summed E-state index contributed by atoms with van der Waals surface area (Å²) in [6.07, 6.45) is 5.41. The molecule has 1 saturated heterocycles.